The summed E-state index contributed by atoms with van der Waals surface area (Å²) in [6, 6.07) is 7.27. The molecular weight excluding hydrogens is 402 g/mol. The lowest BCUT2D eigenvalue weighted by Crippen LogP contribution is -2.48. The molecule has 1 aromatic carbocycles. The molecule has 4 rings (SSSR count). The highest BCUT2D eigenvalue weighted by Gasteiger charge is 2.38. The molecule has 7 nitrogen and oxygen atoms in total. The van der Waals surface area contributed by atoms with Crippen molar-refractivity contribution in [1.29, 1.82) is 0 Å². The smallest absolute Gasteiger partial charge is 0.289 e. The standard InChI is InChI=1S/C22H23N3O4S/c1-3-25-21(27)18(30-22(25)28)12-14-8-10-15(11-9-14)29-13-19-23-17-7-5-4-6-16(17)20(26)24(19)2/h4-11,16-18H,3,12-13H2,1-2H3. The predicted octanol–water partition coefficient (Wildman–Crippen LogP) is 2.67. The predicted molar refractivity (Wildman–Crippen MR) is 116 cm³/mol. The zero-order valence-electron chi connectivity index (χ0n) is 16.9. The van der Waals surface area contributed by atoms with Gasteiger partial charge in [0.05, 0.1) is 17.2 Å². The van der Waals surface area contributed by atoms with E-state index in [-0.39, 0.29) is 40.9 Å². The first kappa shape index (κ1) is 20.4. The van der Waals surface area contributed by atoms with E-state index in [1.165, 1.54) is 4.90 Å². The van der Waals surface area contributed by atoms with Crippen molar-refractivity contribution < 1.29 is 19.1 Å². The van der Waals surface area contributed by atoms with Crippen molar-refractivity contribution >= 4 is 34.7 Å². The number of nitrogens with zero attached hydrogens (tertiary/aromatic N) is 3. The molecule has 0 saturated carbocycles. The number of hydrogen-bond acceptors (Lipinski definition) is 6. The Bertz CT molecular complexity index is 954. The summed E-state index contributed by atoms with van der Waals surface area (Å²) < 4.78 is 5.84. The number of allylic oxidation sites excluding steroid dienone is 2. The number of amidine groups is 1. The number of imide groups is 1. The SMILES string of the molecule is CCN1C(=O)SC(Cc2ccc(OCC3=NC4C=CC=CC4C(=O)N3C)cc2)C1=O. The number of carbonyl (C=O) groups is 3. The van der Waals surface area contributed by atoms with Crippen molar-refractivity contribution in [3.63, 3.8) is 0 Å². The van der Waals surface area contributed by atoms with Crippen LogP contribution in [0.1, 0.15) is 12.5 Å². The maximum atomic E-state index is 12.5. The van der Waals surface area contributed by atoms with Crippen molar-refractivity contribution in [2.45, 2.75) is 24.6 Å². The van der Waals surface area contributed by atoms with Gasteiger partial charge in [0.15, 0.2) is 0 Å². The van der Waals surface area contributed by atoms with Crippen LogP contribution in [0.3, 0.4) is 0 Å². The number of carbonyl (C=O) groups excluding carboxylic acids is 3. The van der Waals surface area contributed by atoms with Crippen LogP contribution in [-0.4, -0.2) is 64.2 Å². The number of fused-ring (bicyclic) bond motifs is 1. The Morgan fingerprint density at radius 1 is 1.07 bits per heavy atom. The maximum Gasteiger partial charge on any atom is 0.289 e. The van der Waals surface area contributed by atoms with Gasteiger partial charge in [-0.3, -0.25) is 24.3 Å². The van der Waals surface area contributed by atoms with Gasteiger partial charge < -0.3 is 9.64 Å². The highest BCUT2D eigenvalue weighted by Crippen LogP contribution is 2.30. The topological polar surface area (TPSA) is 79.3 Å². The Morgan fingerprint density at radius 2 is 1.80 bits per heavy atom. The summed E-state index contributed by atoms with van der Waals surface area (Å²) >= 11 is 1.09. The monoisotopic (exact) mass is 425 g/mol. The minimum Gasteiger partial charge on any atom is -0.486 e. The van der Waals surface area contributed by atoms with Gasteiger partial charge in [0.1, 0.15) is 18.2 Å². The van der Waals surface area contributed by atoms with Gasteiger partial charge in [-0.2, -0.15) is 0 Å². The second-order valence-corrected chi connectivity index (χ2v) is 8.47. The van der Waals surface area contributed by atoms with E-state index in [1.54, 1.807) is 18.9 Å². The van der Waals surface area contributed by atoms with E-state index in [1.807, 2.05) is 48.6 Å². The van der Waals surface area contributed by atoms with Crippen LogP contribution in [0.25, 0.3) is 0 Å². The highest BCUT2D eigenvalue weighted by molar-refractivity contribution is 8.15. The molecule has 1 fully saturated rings. The molecule has 1 saturated heterocycles. The number of ether oxygens (including phenoxy) is 1. The molecule has 1 aliphatic carbocycles. The van der Waals surface area contributed by atoms with Crippen molar-refractivity contribution in [3.8, 4) is 5.75 Å². The number of benzene rings is 1. The molecule has 3 amide bonds. The van der Waals surface area contributed by atoms with Gasteiger partial charge in [0.2, 0.25) is 11.8 Å². The fourth-order valence-corrected chi connectivity index (χ4v) is 4.78. The molecule has 30 heavy (non-hydrogen) atoms. The van der Waals surface area contributed by atoms with Gasteiger partial charge in [0.25, 0.3) is 5.24 Å². The second-order valence-electron chi connectivity index (χ2n) is 7.32. The molecule has 156 valence electrons. The summed E-state index contributed by atoms with van der Waals surface area (Å²) in [5.41, 5.74) is 0.961. The van der Waals surface area contributed by atoms with Crippen LogP contribution in [0.15, 0.2) is 53.6 Å². The normalized spacial score (nSPS) is 25.6. The van der Waals surface area contributed by atoms with Gasteiger partial charge in [0, 0.05) is 13.6 Å². The number of rotatable bonds is 6. The molecule has 3 aliphatic rings. The first-order chi connectivity index (χ1) is 14.5. The Labute approximate surface area is 179 Å². The Morgan fingerprint density at radius 3 is 2.50 bits per heavy atom. The molecule has 1 aromatic rings. The molecule has 0 bridgehead atoms. The number of amides is 3. The third-order valence-corrected chi connectivity index (χ3v) is 6.52. The van der Waals surface area contributed by atoms with Gasteiger partial charge in [-0.15, -0.1) is 0 Å². The van der Waals surface area contributed by atoms with Crippen molar-refractivity contribution in [1.82, 2.24) is 9.80 Å². The van der Waals surface area contributed by atoms with Crippen LogP contribution in [-0.2, 0) is 16.0 Å². The summed E-state index contributed by atoms with van der Waals surface area (Å²) in [5, 5.41) is -0.545. The molecule has 0 N–H and O–H groups in total. The minimum absolute atomic E-state index is 0.0129. The molecule has 3 atom stereocenters. The van der Waals surface area contributed by atoms with E-state index in [9.17, 15) is 14.4 Å². The minimum atomic E-state index is -0.369. The Balaban J connectivity index is 1.36. The lowest BCUT2D eigenvalue weighted by Gasteiger charge is -2.32. The fraction of sp³-hybridized carbons (Fsp3) is 0.364. The highest BCUT2D eigenvalue weighted by atomic mass is 32.2. The molecule has 2 aliphatic heterocycles. The quantitative estimate of drug-likeness (QED) is 0.700. The zero-order chi connectivity index (χ0) is 21.3. The van der Waals surface area contributed by atoms with Gasteiger partial charge in [-0.05, 0) is 31.0 Å². The first-order valence-corrected chi connectivity index (χ1v) is 10.8. The van der Waals surface area contributed by atoms with Crippen LogP contribution < -0.4 is 4.74 Å². The first-order valence-electron chi connectivity index (χ1n) is 9.91. The van der Waals surface area contributed by atoms with Crippen LogP contribution in [0, 0.1) is 5.92 Å². The van der Waals surface area contributed by atoms with Gasteiger partial charge >= 0.3 is 0 Å². The van der Waals surface area contributed by atoms with E-state index in [4.69, 9.17) is 4.74 Å². The Kier molecular flexibility index (Phi) is 5.76. The summed E-state index contributed by atoms with van der Waals surface area (Å²) in [4.78, 5) is 44.1. The molecule has 0 spiro atoms. The van der Waals surface area contributed by atoms with Gasteiger partial charge in [-0.25, -0.2) is 0 Å². The lowest BCUT2D eigenvalue weighted by molar-refractivity contribution is -0.130. The lowest BCUT2D eigenvalue weighted by atomic mass is 9.92. The third-order valence-electron chi connectivity index (χ3n) is 5.44. The molecule has 8 heteroatoms. The molecular formula is C22H23N3O4S. The number of hydrogen-bond donors (Lipinski definition) is 0. The zero-order valence-corrected chi connectivity index (χ0v) is 17.7. The second kappa shape index (κ2) is 8.47. The number of likely N-dealkylation sites (N-methyl/N-ethyl adjacent to an activating group) is 1. The third kappa shape index (κ3) is 3.92. The Hall–Kier alpha value is -2.87. The molecule has 0 aromatic heterocycles. The van der Waals surface area contributed by atoms with E-state index in [0.717, 1.165) is 17.3 Å². The van der Waals surface area contributed by atoms with E-state index in [0.29, 0.717) is 24.6 Å². The molecule has 3 unspecified atom stereocenters. The van der Waals surface area contributed by atoms with Crippen LogP contribution in [0.5, 0.6) is 5.75 Å². The summed E-state index contributed by atoms with van der Waals surface area (Å²) in [5.74, 6) is 0.894. The summed E-state index contributed by atoms with van der Waals surface area (Å²) in [6.45, 7) is 2.40. The number of thioether (sulfide) groups is 1. The summed E-state index contributed by atoms with van der Waals surface area (Å²) in [7, 11) is 1.72. The van der Waals surface area contributed by atoms with Crippen LogP contribution in [0.2, 0.25) is 0 Å². The fourth-order valence-electron chi connectivity index (χ4n) is 3.69. The van der Waals surface area contributed by atoms with Gasteiger partial charge in [-0.1, -0.05) is 48.2 Å². The van der Waals surface area contributed by atoms with Crippen molar-refractivity contribution in [2.24, 2.45) is 10.9 Å². The average Bonchev–Trinajstić information content (AvgIpc) is 3.03. The maximum absolute atomic E-state index is 12.5. The largest absolute Gasteiger partial charge is 0.486 e. The van der Waals surface area contributed by atoms with E-state index >= 15 is 0 Å². The van der Waals surface area contributed by atoms with E-state index < -0.39 is 0 Å². The molecule has 2 heterocycles. The molecule has 0 radical (unpaired) electrons. The van der Waals surface area contributed by atoms with Crippen LogP contribution >= 0.6 is 11.8 Å². The van der Waals surface area contributed by atoms with Crippen molar-refractivity contribution in [2.75, 3.05) is 20.2 Å². The summed E-state index contributed by atoms with van der Waals surface area (Å²) in [6.07, 6.45) is 8.08. The van der Waals surface area contributed by atoms with Crippen molar-refractivity contribution in [3.05, 3.63) is 54.1 Å². The van der Waals surface area contributed by atoms with Crippen LogP contribution in [0.4, 0.5) is 4.79 Å². The van der Waals surface area contributed by atoms with E-state index in [2.05, 4.69) is 4.99 Å². The number of aliphatic imine (C=N–C) groups is 1. The average molecular weight is 426 g/mol.